The first kappa shape index (κ1) is 20.2. The van der Waals surface area contributed by atoms with Gasteiger partial charge in [-0.3, -0.25) is 4.79 Å². The van der Waals surface area contributed by atoms with Crippen molar-refractivity contribution < 1.29 is 9.90 Å². The first-order valence-corrected chi connectivity index (χ1v) is 9.81. The Morgan fingerprint density at radius 1 is 1.13 bits per heavy atom. The van der Waals surface area contributed by atoms with E-state index in [1.54, 1.807) is 18.5 Å². The molecule has 1 amide bonds. The standard InChI is InChI=1S/C23H22N6O2/c1-16-6-5-7-17(12-16)20(15-30)27-22(31)18-13-25-29(14-18)21-10-11-24-23(28-21)26-19-8-3-2-4-9-19/h2-14,20,30H,15H2,1H3,(H,27,31)(H,24,26,28). The number of benzene rings is 2. The van der Waals surface area contributed by atoms with E-state index in [0.29, 0.717) is 17.3 Å². The zero-order chi connectivity index (χ0) is 21.6. The number of aliphatic hydroxyl groups excluding tert-OH is 1. The highest BCUT2D eigenvalue weighted by Crippen LogP contribution is 2.16. The number of anilines is 2. The van der Waals surface area contributed by atoms with Gasteiger partial charge in [-0.25, -0.2) is 9.67 Å². The molecule has 8 nitrogen and oxygen atoms in total. The van der Waals surface area contributed by atoms with E-state index in [4.69, 9.17) is 0 Å². The summed E-state index contributed by atoms with van der Waals surface area (Å²) in [5.74, 6) is 0.610. The molecule has 0 aliphatic carbocycles. The molecule has 2 heterocycles. The van der Waals surface area contributed by atoms with Gasteiger partial charge in [0.2, 0.25) is 5.95 Å². The molecular weight excluding hydrogens is 392 g/mol. The topological polar surface area (TPSA) is 105 Å². The minimum atomic E-state index is -0.503. The van der Waals surface area contributed by atoms with E-state index >= 15 is 0 Å². The maximum absolute atomic E-state index is 12.7. The van der Waals surface area contributed by atoms with Gasteiger partial charge in [-0.15, -0.1) is 0 Å². The second-order valence-corrected chi connectivity index (χ2v) is 7.03. The Hall–Kier alpha value is -4.04. The Balaban J connectivity index is 1.49. The Bertz CT molecular complexity index is 1180. The fourth-order valence-corrected chi connectivity index (χ4v) is 3.12. The maximum Gasteiger partial charge on any atom is 0.255 e. The van der Waals surface area contributed by atoms with Crippen LogP contribution in [0.15, 0.2) is 79.3 Å². The maximum atomic E-state index is 12.7. The van der Waals surface area contributed by atoms with Crippen molar-refractivity contribution in [1.82, 2.24) is 25.1 Å². The molecule has 0 radical (unpaired) electrons. The highest BCUT2D eigenvalue weighted by atomic mass is 16.3. The van der Waals surface area contributed by atoms with Crippen molar-refractivity contribution in [3.8, 4) is 5.82 Å². The van der Waals surface area contributed by atoms with Crippen molar-refractivity contribution in [2.45, 2.75) is 13.0 Å². The molecule has 31 heavy (non-hydrogen) atoms. The SMILES string of the molecule is Cc1cccc(C(CO)NC(=O)c2cnn(-c3ccnc(Nc4ccccc4)n3)c2)c1. The summed E-state index contributed by atoms with van der Waals surface area (Å²) < 4.78 is 1.51. The number of aryl methyl sites for hydroxylation is 1. The molecule has 3 N–H and O–H groups in total. The van der Waals surface area contributed by atoms with Gasteiger partial charge in [0.1, 0.15) is 0 Å². The minimum Gasteiger partial charge on any atom is -0.394 e. The Morgan fingerprint density at radius 2 is 1.97 bits per heavy atom. The number of aliphatic hydroxyl groups is 1. The van der Waals surface area contributed by atoms with Gasteiger partial charge in [0.05, 0.1) is 24.4 Å². The summed E-state index contributed by atoms with van der Waals surface area (Å²) in [6.07, 6.45) is 4.68. The van der Waals surface area contributed by atoms with E-state index < -0.39 is 6.04 Å². The van der Waals surface area contributed by atoms with Crippen molar-refractivity contribution in [3.05, 3.63) is 95.9 Å². The fourth-order valence-electron chi connectivity index (χ4n) is 3.12. The molecule has 0 aliphatic heterocycles. The van der Waals surface area contributed by atoms with E-state index in [2.05, 4.69) is 25.7 Å². The van der Waals surface area contributed by atoms with Crippen LogP contribution in [0.3, 0.4) is 0 Å². The van der Waals surface area contributed by atoms with Crippen molar-refractivity contribution >= 4 is 17.5 Å². The molecule has 4 rings (SSSR count). The summed E-state index contributed by atoms with van der Waals surface area (Å²) in [5, 5.41) is 20.0. The van der Waals surface area contributed by atoms with E-state index in [-0.39, 0.29) is 12.5 Å². The average Bonchev–Trinajstić information content (AvgIpc) is 3.29. The first-order valence-electron chi connectivity index (χ1n) is 9.81. The zero-order valence-electron chi connectivity index (χ0n) is 16.9. The summed E-state index contributed by atoms with van der Waals surface area (Å²) in [5.41, 5.74) is 3.13. The lowest BCUT2D eigenvalue weighted by atomic mass is 10.0. The quantitative estimate of drug-likeness (QED) is 0.429. The first-order chi connectivity index (χ1) is 15.1. The molecule has 0 saturated heterocycles. The van der Waals surface area contributed by atoms with Crippen molar-refractivity contribution in [2.75, 3.05) is 11.9 Å². The number of aromatic nitrogens is 4. The summed E-state index contributed by atoms with van der Waals surface area (Å²) in [7, 11) is 0. The normalized spacial score (nSPS) is 11.7. The highest BCUT2D eigenvalue weighted by Gasteiger charge is 2.17. The monoisotopic (exact) mass is 414 g/mol. The fraction of sp³-hybridized carbons (Fsp3) is 0.130. The lowest BCUT2D eigenvalue weighted by Gasteiger charge is -2.16. The number of hydrogen-bond donors (Lipinski definition) is 3. The molecule has 2 aromatic heterocycles. The number of nitrogens with one attached hydrogen (secondary N) is 2. The lowest BCUT2D eigenvalue weighted by Crippen LogP contribution is -2.30. The van der Waals surface area contributed by atoms with Crippen LogP contribution in [0.2, 0.25) is 0 Å². The van der Waals surface area contributed by atoms with Crippen LogP contribution in [0.1, 0.15) is 27.5 Å². The second-order valence-electron chi connectivity index (χ2n) is 7.03. The average molecular weight is 414 g/mol. The highest BCUT2D eigenvalue weighted by molar-refractivity contribution is 5.94. The van der Waals surface area contributed by atoms with Crippen LogP contribution in [0, 0.1) is 6.92 Å². The minimum absolute atomic E-state index is 0.205. The van der Waals surface area contributed by atoms with Gasteiger partial charge < -0.3 is 15.7 Å². The van der Waals surface area contributed by atoms with Crippen LogP contribution in [-0.4, -0.2) is 37.4 Å². The van der Waals surface area contributed by atoms with Crippen LogP contribution in [0.25, 0.3) is 5.82 Å². The van der Waals surface area contributed by atoms with E-state index in [1.807, 2.05) is 61.5 Å². The smallest absolute Gasteiger partial charge is 0.255 e. The molecule has 0 spiro atoms. The van der Waals surface area contributed by atoms with Gasteiger partial charge in [-0.2, -0.15) is 10.1 Å². The van der Waals surface area contributed by atoms with Crippen LogP contribution >= 0.6 is 0 Å². The van der Waals surface area contributed by atoms with Crippen LogP contribution in [-0.2, 0) is 0 Å². The molecule has 4 aromatic rings. The number of amides is 1. The van der Waals surface area contributed by atoms with Gasteiger partial charge in [0, 0.05) is 24.1 Å². The van der Waals surface area contributed by atoms with Gasteiger partial charge in [-0.1, -0.05) is 48.0 Å². The van der Waals surface area contributed by atoms with Gasteiger partial charge in [0.25, 0.3) is 5.91 Å². The molecule has 0 saturated carbocycles. The molecule has 8 heteroatoms. The molecule has 156 valence electrons. The molecule has 2 aromatic carbocycles. The number of nitrogens with zero attached hydrogens (tertiary/aromatic N) is 4. The molecule has 0 fully saturated rings. The summed E-state index contributed by atoms with van der Waals surface area (Å²) in [6, 6.07) is 18.5. The summed E-state index contributed by atoms with van der Waals surface area (Å²) in [6.45, 7) is 1.76. The number of hydrogen-bond acceptors (Lipinski definition) is 6. The van der Waals surface area contributed by atoms with Crippen LogP contribution < -0.4 is 10.6 Å². The van der Waals surface area contributed by atoms with E-state index in [0.717, 1.165) is 16.8 Å². The van der Waals surface area contributed by atoms with Crippen molar-refractivity contribution in [2.24, 2.45) is 0 Å². The van der Waals surface area contributed by atoms with E-state index in [9.17, 15) is 9.90 Å². The third-order valence-electron chi connectivity index (χ3n) is 4.68. The summed E-state index contributed by atoms with van der Waals surface area (Å²) in [4.78, 5) is 21.4. The van der Waals surface area contributed by atoms with E-state index in [1.165, 1.54) is 10.9 Å². The van der Waals surface area contributed by atoms with Crippen LogP contribution in [0.4, 0.5) is 11.6 Å². The predicted octanol–water partition coefficient (Wildman–Crippen LogP) is 3.18. The van der Waals surface area contributed by atoms with Gasteiger partial charge in [0.15, 0.2) is 5.82 Å². The molecular formula is C23H22N6O2. The molecule has 0 bridgehead atoms. The van der Waals surface area contributed by atoms with Gasteiger partial charge in [-0.05, 0) is 24.6 Å². The Kier molecular flexibility index (Phi) is 6.00. The number of para-hydroxylation sites is 1. The number of rotatable bonds is 7. The molecule has 0 aliphatic rings. The lowest BCUT2D eigenvalue weighted by molar-refractivity contribution is 0.0916. The Morgan fingerprint density at radius 3 is 2.74 bits per heavy atom. The predicted molar refractivity (Wildman–Crippen MR) is 117 cm³/mol. The van der Waals surface area contributed by atoms with Gasteiger partial charge >= 0.3 is 0 Å². The number of carbonyl (C=O) groups is 1. The second kappa shape index (κ2) is 9.19. The zero-order valence-corrected chi connectivity index (χ0v) is 16.9. The largest absolute Gasteiger partial charge is 0.394 e. The molecule has 1 atom stereocenters. The third-order valence-corrected chi connectivity index (χ3v) is 4.68. The molecule has 1 unspecified atom stereocenters. The van der Waals surface area contributed by atoms with Crippen molar-refractivity contribution in [3.63, 3.8) is 0 Å². The summed E-state index contributed by atoms with van der Waals surface area (Å²) >= 11 is 0. The third kappa shape index (κ3) is 4.93. The van der Waals surface area contributed by atoms with Crippen LogP contribution in [0.5, 0.6) is 0 Å². The van der Waals surface area contributed by atoms with Crippen molar-refractivity contribution in [1.29, 1.82) is 0 Å². The Labute approximate surface area is 179 Å². The number of carbonyl (C=O) groups excluding carboxylic acids is 1.